The molecule has 0 unspecified atom stereocenters. The van der Waals surface area contributed by atoms with E-state index in [-0.39, 0.29) is 5.13 Å². The molecule has 0 fully saturated rings. The monoisotopic (exact) mass is 272 g/mol. The average molecular weight is 272 g/mol. The van der Waals surface area contributed by atoms with Gasteiger partial charge in [-0.1, -0.05) is 18.2 Å². The van der Waals surface area contributed by atoms with Crippen LogP contribution in [0.2, 0.25) is 0 Å². The van der Waals surface area contributed by atoms with Gasteiger partial charge in [-0.3, -0.25) is 10.1 Å². The number of carbonyl (C=O) groups is 1. The quantitative estimate of drug-likeness (QED) is 0.910. The SMILES string of the molecule is O=C(Nc1nc(C(F)(F)F)cs1)c1ccccc1. The van der Waals surface area contributed by atoms with Crippen LogP contribution >= 0.6 is 11.3 Å². The van der Waals surface area contributed by atoms with Crippen LogP contribution in [-0.4, -0.2) is 10.9 Å². The standard InChI is InChI=1S/C11H7F3N2OS/c12-11(13,14)8-6-18-10(15-8)16-9(17)7-4-2-1-3-5-7/h1-6H,(H,15,16,17). The molecule has 1 amide bonds. The molecule has 0 aliphatic carbocycles. The number of halogens is 3. The first-order chi connectivity index (χ1) is 8.47. The van der Waals surface area contributed by atoms with Crippen molar-refractivity contribution in [2.45, 2.75) is 6.18 Å². The van der Waals surface area contributed by atoms with E-state index in [4.69, 9.17) is 0 Å². The third-order valence-corrected chi connectivity index (χ3v) is 2.81. The molecule has 0 aliphatic heterocycles. The first-order valence-corrected chi connectivity index (χ1v) is 5.74. The number of amides is 1. The van der Waals surface area contributed by atoms with Crippen molar-refractivity contribution in [3.8, 4) is 0 Å². The van der Waals surface area contributed by atoms with Gasteiger partial charge in [-0.05, 0) is 12.1 Å². The van der Waals surface area contributed by atoms with E-state index in [1.165, 1.54) is 0 Å². The fourth-order valence-corrected chi connectivity index (χ4v) is 1.93. The summed E-state index contributed by atoms with van der Waals surface area (Å²) in [7, 11) is 0. The Hall–Kier alpha value is -1.89. The maximum absolute atomic E-state index is 12.3. The molecule has 1 heterocycles. The second-order valence-corrected chi connectivity index (χ2v) is 4.21. The van der Waals surface area contributed by atoms with Crippen molar-refractivity contribution >= 4 is 22.4 Å². The zero-order chi connectivity index (χ0) is 13.2. The second kappa shape index (κ2) is 4.77. The van der Waals surface area contributed by atoms with Gasteiger partial charge in [-0.25, -0.2) is 4.98 Å². The minimum absolute atomic E-state index is 0.0730. The molecule has 94 valence electrons. The summed E-state index contributed by atoms with van der Waals surface area (Å²) in [4.78, 5) is 15.0. The van der Waals surface area contributed by atoms with Crippen molar-refractivity contribution in [3.63, 3.8) is 0 Å². The molecule has 18 heavy (non-hydrogen) atoms. The van der Waals surface area contributed by atoms with Crippen LogP contribution in [0.25, 0.3) is 0 Å². The van der Waals surface area contributed by atoms with Crippen LogP contribution in [0.4, 0.5) is 18.3 Å². The van der Waals surface area contributed by atoms with Gasteiger partial charge >= 0.3 is 6.18 Å². The Balaban J connectivity index is 2.11. The van der Waals surface area contributed by atoms with Crippen molar-refractivity contribution in [2.75, 3.05) is 5.32 Å². The molecule has 7 heteroatoms. The van der Waals surface area contributed by atoms with E-state index in [2.05, 4.69) is 10.3 Å². The number of aromatic nitrogens is 1. The highest BCUT2D eigenvalue weighted by Gasteiger charge is 2.33. The Labute approximate surface area is 104 Å². The van der Waals surface area contributed by atoms with Crippen molar-refractivity contribution in [1.29, 1.82) is 0 Å². The van der Waals surface area contributed by atoms with Gasteiger partial charge in [0.15, 0.2) is 10.8 Å². The average Bonchev–Trinajstić information content (AvgIpc) is 2.78. The van der Waals surface area contributed by atoms with Gasteiger partial charge in [0.05, 0.1) is 0 Å². The number of nitrogens with zero attached hydrogens (tertiary/aromatic N) is 1. The number of hydrogen-bond acceptors (Lipinski definition) is 3. The van der Waals surface area contributed by atoms with Crippen molar-refractivity contribution in [1.82, 2.24) is 4.98 Å². The van der Waals surface area contributed by atoms with Crippen LogP contribution in [0, 0.1) is 0 Å². The second-order valence-electron chi connectivity index (χ2n) is 3.36. The minimum Gasteiger partial charge on any atom is -0.298 e. The summed E-state index contributed by atoms with van der Waals surface area (Å²) < 4.78 is 36.9. The molecule has 1 aromatic heterocycles. The van der Waals surface area contributed by atoms with Gasteiger partial charge in [-0.15, -0.1) is 11.3 Å². The third-order valence-electron chi connectivity index (χ3n) is 2.05. The number of nitrogens with one attached hydrogen (secondary N) is 1. The van der Waals surface area contributed by atoms with Gasteiger partial charge in [0.2, 0.25) is 0 Å². The predicted octanol–water partition coefficient (Wildman–Crippen LogP) is 3.41. The molecule has 0 saturated carbocycles. The van der Waals surface area contributed by atoms with Crippen molar-refractivity contribution in [3.05, 3.63) is 47.0 Å². The highest BCUT2D eigenvalue weighted by Crippen LogP contribution is 2.31. The Morgan fingerprint density at radius 2 is 1.89 bits per heavy atom. The van der Waals surface area contributed by atoms with E-state index in [1.54, 1.807) is 30.3 Å². The lowest BCUT2D eigenvalue weighted by atomic mass is 10.2. The first kappa shape index (κ1) is 12.6. The van der Waals surface area contributed by atoms with Crippen molar-refractivity contribution in [2.24, 2.45) is 0 Å². The van der Waals surface area contributed by atoms with Crippen LogP contribution < -0.4 is 5.32 Å². The summed E-state index contributed by atoms with van der Waals surface area (Å²) in [6, 6.07) is 8.19. The van der Waals surface area contributed by atoms with Crippen molar-refractivity contribution < 1.29 is 18.0 Å². The zero-order valence-electron chi connectivity index (χ0n) is 8.86. The molecule has 3 nitrogen and oxygen atoms in total. The number of benzene rings is 1. The van der Waals surface area contributed by atoms with Crippen LogP contribution in [0.3, 0.4) is 0 Å². The van der Waals surface area contributed by atoms with Crippen LogP contribution in [0.1, 0.15) is 16.1 Å². The lowest BCUT2D eigenvalue weighted by molar-refractivity contribution is -0.140. The molecule has 0 radical (unpaired) electrons. The number of rotatable bonds is 2. The number of carbonyl (C=O) groups excluding carboxylic acids is 1. The number of alkyl halides is 3. The highest BCUT2D eigenvalue weighted by molar-refractivity contribution is 7.14. The summed E-state index contributed by atoms with van der Waals surface area (Å²) in [5.41, 5.74) is -0.642. The smallest absolute Gasteiger partial charge is 0.298 e. The molecule has 2 aromatic rings. The van der Waals surface area contributed by atoms with Crippen LogP contribution in [-0.2, 0) is 6.18 Å². The molecule has 1 aromatic carbocycles. The molecule has 0 aliphatic rings. The summed E-state index contributed by atoms with van der Waals surface area (Å²) in [5.74, 6) is -0.487. The van der Waals surface area contributed by atoms with E-state index in [9.17, 15) is 18.0 Å². The van der Waals surface area contributed by atoms with Gasteiger partial charge in [0.1, 0.15) is 0 Å². The lowest BCUT2D eigenvalue weighted by Crippen LogP contribution is -2.12. The molecular formula is C11H7F3N2OS. The maximum Gasteiger partial charge on any atom is 0.434 e. The Morgan fingerprint density at radius 1 is 1.22 bits per heavy atom. The maximum atomic E-state index is 12.3. The topological polar surface area (TPSA) is 42.0 Å². The van der Waals surface area contributed by atoms with E-state index in [0.717, 1.165) is 16.7 Å². The predicted molar refractivity (Wildman–Crippen MR) is 61.5 cm³/mol. The summed E-state index contributed by atoms with van der Waals surface area (Å²) in [5, 5.41) is 3.11. The molecule has 1 N–H and O–H groups in total. The Bertz CT molecular complexity index is 551. The van der Waals surface area contributed by atoms with E-state index in [0.29, 0.717) is 5.56 Å². The van der Waals surface area contributed by atoms with Gasteiger partial charge in [0.25, 0.3) is 5.91 Å². The fraction of sp³-hybridized carbons (Fsp3) is 0.0909. The van der Waals surface area contributed by atoms with Gasteiger partial charge in [-0.2, -0.15) is 13.2 Å². The third kappa shape index (κ3) is 2.86. The number of thiazole rings is 1. The molecule has 0 saturated heterocycles. The summed E-state index contributed by atoms with van der Waals surface area (Å²) in [6.45, 7) is 0. The number of hydrogen-bond donors (Lipinski definition) is 1. The van der Waals surface area contributed by atoms with E-state index < -0.39 is 17.8 Å². The molecule has 0 bridgehead atoms. The van der Waals surface area contributed by atoms with Gasteiger partial charge < -0.3 is 0 Å². The molecular weight excluding hydrogens is 265 g/mol. The van der Waals surface area contributed by atoms with Crippen LogP contribution in [0.5, 0.6) is 0 Å². The number of anilines is 1. The normalized spacial score (nSPS) is 11.3. The van der Waals surface area contributed by atoms with Crippen LogP contribution in [0.15, 0.2) is 35.7 Å². The Morgan fingerprint density at radius 3 is 2.44 bits per heavy atom. The lowest BCUT2D eigenvalue weighted by Gasteiger charge is -2.02. The van der Waals surface area contributed by atoms with E-state index >= 15 is 0 Å². The fourth-order valence-electron chi connectivity index (χ4n) is 1.22. The largest absolute Gasteiger partial charge is 0.434 e. The minimum atomic E-state index is -4.49. The first-order valence-electron chi connectivity index (χ1n) is 4.86. The summed E-state index contributed by atoms with van der Waals surface area (Å²) in [6.07, 6.45) is -4.49. The highest BCUT2D eigenvalue weighted by atomic mass is 32.1. The molecule has 2 rings (SSSR count). The van der Waals surface area contributed by atoms with Gasteiger partial charge in [0, 0.05) is 10.9 Å². The van der Waals surface area contributed by atoms with E-state index in [1.807, 2.05) is 0 Å². The Kier molecular flexibility index (Phi) is 3.33. The summed E-state index contributed by atoms with van der Waals surface area (Å²) >= 11 is 0.736. The molecule has 0 atom stereocenters. The molecule has 0 spiro atoms. The zero-order valence-corrected chi connectivity index (χ0v) is 9.68.